The highest BCUT2D eigenvalue weighted by molar-refractivity contribution is 5.93. The Morgan fingerprint density at radius 3 is 2.52 bits per heavy atom. The minimum Gasteiger partial charge on any atom is -0.497 e. The van der Waals surface area contributed by atoms with Crippen LogP contribution in [0.15, 0.2) is 90.0 Å². The molecule has 1 aliphatic rings. The Kier molecular flexibility index (Phi) is 7.46. The zero-order chi connectivity index (χ0) is 29.1. The number of hydrogen-bond acceptors (Lipinski definition) is 7. The van der Waals surface area contributed by atoms with Gasteiger partial charge in [-0.25, -0.2) is 14.5 Å². The van der Waals surface area contributed by atoms with Crippen LogP contribution in [0, 0.1) is 0 Å². The number of hydrogen-bond donors (Lipinski definition) is 2. The minimum atomic E-state index is -0.943. The lowest BCUT2D eigenvalue weighted by Gasteiger charge is -2.14. The van der Waals surface area contributed by atoms with Crippen molar-refractivity contribution in [1.82, 2.24) is 24.2 Å². The zero-order valence-corrected chi connectivity index (χ0v) is 23.0. The highest BCUT2D eigenvalue weighted by Crippen LogP contribution is 2.35. The Morgan fingerprint density at radius 2 is 1.81 bits per heavy atom. The largest absolute Gasteiger partial charge is 0.497 e. The number of likely N-dealkylation sites (tertiary alicyclic amines) is 1. The maximum absolute atomic E-state index is 12.9. The van der Waals surface area contributed by atoms with Crippen molar-refractivity contribution >= 4 is 22.9 Å². The van der Waals surface area contributed by atoms with Gasteiger partial charge in [0.2, 0.25) is 0 Å². The molecule has 4 heterocycles. The average Bonchev–Trinajstić information content (AvgIpc) is 3.61. The number of methoxy groups -OCH3 is 1. The number of fused-ring (bicyclic) bond motifs is 1. The lowest BCUT2D eigenvalue weighted by Crippen LogP contribution is -2.30. The summed E-state index contributed by atoms with van der Waals surface area (Å²) >= 11 is 0. The van der Waals surface area contributed by atoms with E-state index in [9.17, 15) is 14.7 Å². The molecule has 5 aromatic rings. The van der Waals surface area contributed by atoms with Crippen molar-refractivity contribution in [2.75, 3.05) is 25.5 Å². The van der Waals surface area contributed by atoms with Crippen molar-refractivity contribution in [1.29, 1.82) is 0 Å². The van der Waals surface area contributed by atoms with Gasteiger partial charge >= 0.3 is 6.09 Å². The number of amides is 1. The van der Waals surface area contributed by atoms with E-state index in [2.05, 4.69) is 10.3 Å². The molecule has 1 fully saturated rings. The van der Waals surface area contributed by atoms with Gasteiger partial charge in [-0.1, -0.05) is 42.5 Å². The van der Waals surface area contributed by atoms with E-state index in [-0.39, 0.29) is 11.6 Å². The van der Waals surface area contributed by atoms with E-state index in [0.29, 0.717) is 61.0 Å². The van der Waals surface area contributed by atoms with Crippen LogP contribution < -0.4 is 20.3 Å². The molecule has 214 valence electrons. The molecule has 0 aliphatic carbocycles. The lowest BCUT2D eigenvalue weighted by atomic mass is 10.2. The summed E-state index contributed by atoms with van der Waals surface area (Å²) < 4.78 is 15.0. The lowest BCUT2D eigenvalue weighted by molar-refractivity contribution is 0.155. The van der Waals surface area contributed by atoms with Crippen LogP contribution in [0.3, 0.4) is 0 Å². The first-order valence-corrected chi connectivity index (χ1v) is 13.6. The maximum Gasteiger partial charge on any atom is 0.407 e. The van der Waals surface area contributed by atoms with E-state index in [1.807, 2.05) is 54.6 Å². The predicted molar refractivity (Wildman–Crippen MR) is 158 cm³/mol. The first kappa shape index (κ1) is 26.9. The van der Waals surface area contributed by atoms with Crippen LogP contribution in [-0.2, 0) is 13.1 Å². The Labute approximate surface area is 241 Å². The van der Waals surface area contributed by atoms with Crippen LogP contribution in [0.25, 0.3) is 11.0 Å². The first-order chi connectivity index (χ1) is 20.5. The SMILES string of the molecule is COc1ccc(Cn2nc(NC3CCN(C(=O)O)C3)c3c(Oc4ccn(Cc5ccccc5)c(=O)c4)ccnc32)cc1. The van der Waals surface area contributed by atoms with E-state index in [0.717, 1.165) is 16.9 Å². The number of benzene rings is 2. The summed E-state index contributed by atoms with van der Waals surface area (Å²) in [7, 11) is 1.62. The zero-order valence-electron chi connectivity index (χ0n) is 23.0. The fourth-order valence-electron chi connectivity index (χ4n) is 5.11. The Balaban J connectivity index is 1.32. The number of nitrogens with zero attached hydrogens (tertiary/aromatic N) is 5. The van der Waals surface area contributed by atoms with Crippen LogP contribution in [-0.4, -0.2) is 61.7 Å². The second-order valence-corrected chi connectivity index (χ2v) is 10.1. The van der Waals surface area contributed by atoms with Crippen molar-refractivity contribution in [2.24, 2.45) is 0 Å². The number of anilines is 1. The van der Waals surface area contributed by atoms with Crippen molar-refractivity contribution < 1.29 is 19.4 Å². The third-order valence-corrected chi connectivity index (χ3v) is 7.28. The smallest absolute Gasteiger partial charge is 0.407 e. The Hall–Kier alpha value is -5.32. The second kappa shape index (κ2) is 11.7. The molecule has 0 spiro atoms. The first-order valence-electron chi connectivity index (χ1n) is 13.6. The Bertz CT molecular complexity index is 1770. The summed E-state index contributed by atoms with van der Waals surface area (Å²) in [6, 6.07) is 22.3. The summed E-state index contributed by atoms with van der Waals surface area (Å²) in [6.07, 6.45) is 3.07. The molecule has 2 aromatic carbocycles. The molecular formula is C31H30N6O5. The fourth-order valence-corrected chi connectivity index (χ4v) is 5.11. The van der Waals surface area contributed by atoms with Gasteiger partial charge in [0.05, 0.1) is 20.2 Å². The number of aromatic nitrogens is 4. The highest BCUT2D eigenvalue weighted by Gasteiger charge is 2.28. The van der Waals surface area contributed by atoms with Gasteiger partial charge < -0.3 is 29.4 Å². The molecule has 1 atom stereocenters. The van der Waals surface area contributed by atoms with Gasteiger partial charge in [-0.2, -0.15) is 5.10 Å². The quantitative estimate of drug-likeness (QED) is 0.264. The normalized spacial score (nSPS) is 14.7. The molecule has 1 unspecified atom stereocenters. The molecule has 42 heavy (non-hydrogen) atoms. The maximum atomic E-state index is 12.9. The van der Waals surface area contributed by atoms with Crippen LogP contribution in [0.1, 0.15) is 17.5 Å². The fraction of sp³-hybridized carbons (Fsp3) is 0.226. The van der Waals surface area contributed by atoms with E-state index in [4.69, 9.17) is 14.6 Å². The molecule has 1 aliphatic heterocycles. The molecule has 11 heteroatoms. The van der Waals surface area contributed by atoms with Crippen LogP contribution >= 0.6 is 0 Å². The van der Waals surface area contributed by atoms with Crippen LogP contribution in [0.5, 0.6) is 17.2 Å². The minimum absolute atomic E-state index is 0.122. The Morgan fingerprint density at radius 1 is 1.02 bits per heavy atom. The number of carboxylic acid groups (broad SMARTS) is 1. The van der Waals surface area contributed by atoms with E-state index in [1.165, 1.54) is 11.0 Å². The third-order valence-electron chi connectivity index (χ3n) is 7.28. The molecule has 0 bridgehead atoms. The predicted octanol–water partition coefficient (Wildman–Crippen LogP) is 4.65. The molecule has 3 aromatic heterocycles. The monoisotopic (exact) mass is 566 g/mol. The van der Waals surface area contributed by atoms with Crippen LogP contribution in [0.2, 0.25) is 0 Å². The van der Waals surface area contributed by atoms with Crippen molar-refractivity contribution in [3.8, 4) is 17.2 Å². The average molecular weight is 567 g/mol. The molecular weight excluding hydrogens is 536 g/mol. The molecule has 1 amide bonds. The van der Waals surface area contributed by atoms with Crippen molar-refractivity contribution in [3.05, 3.63) is 107 Å². The molecule has 0 radical (unpaired) electrons. The number of ether oxygens (including phenoxy) is 2. The number of carbonyl (C=O) groups is 1. The standard InChI is InChI=1S/C31H30N6O5/c1-41-24-9-7-22(8-10-24)19-37-30-28(29(34-37)33-23-12-15-36(20-23)31(39)40)26(11-14-32-30)42-25-13-16-35(27(38)17-25)18-21-5-3-2-4-6-21/h2-11,13-14,16-17,23H,12,15,18-20H2,1H3,(H,33,34)(H,39,40). The van der Waals surface area contributed by atoms with Gasteiger partial charge in [-0.3, -0.25) is 4.79 Å². The topological polar surface area (TPSA) is 124 Å². The molecule has 2 N–H and O–H groups in total. The highest BCUT2D eigenvalue weighted by atomic mass is 16.5. The molecule has 6 rings (SSSR count). The summed E-state index contributed by atoms with van der Waals surface area (Å²) in [6.45, 7) is 1.69. The molecule has 0 saturated carbocycles. The van der Waals surface area contributed by atoms with Crippen LogP contribution in [0.4, 0.5) is 10.6 Å². The van der Waals surface area contributed by atoms with Crippen molar-refractivity contribution in [2.45, 2.75) is 25.6 Å². The summed E-state index contributed by atoms with van der Waals surface area (Å²) in [5.41, 5.74) is 2.43. The summed E-state index contributed by atoms with van der Waals surface area (Å²) in [5, 5.41) is 18.3. The number of pyridine rings is 2. The van der Waals surface area contributed by atoms with Gasteiger partial charge in [0.15, 0.2) is 11.5 Å². The van der Waals surface area contributed by atoms with E-state index in [1.54, 1.807) is 40.9 Å². The molecule has 11 nitrogen and oxygen atoms in total. The number of nitrogens with one attached hydrogen (secondary N) is 1. The van der Waals surface area contributed by atoms with Gasteiger partial charge in [0, 0.05) is 43.7 Å². The van der Waals surface area contributed by atoms with Gasteiger partial charge in [-0.15, -0.1) is 0 Å². The van der Waals surface area contributed by atoms with E-state index < -0.39 is 6.09 Å². The third kappa shape index (κ3) is 5.75. The second-order valence-electron chi connectivity index (χ2n) is 10.1. The van der Waals surface area contributed by atoms with Crippen molar-refractivity contribution in [3.63, 3.8) is 0 Å². The van der Waals surface area contributed by atoms with E-state index >= 15 is 0 Å². The summed E-state index contributed by atoms with van der Waals surface area (Å²) in [4.78, 5) is 30.4. The number of rotatable bonds is 9. The summed E-state index contributed by atoms with van der Waals surface area (Å²) in [5.74, 6) is 2.17. The van der Waals surface area contributed by atoms with Gasteiger partial charge in [0.25, 0.3) is 5.56 Å². The molecule has 1 saturated heterocycles. The van der Waals surface area contributed by atoms with Gasteiger partial charge in [0.1, 0.15) is 22.6 Å². The van der Waals surface area contributed by atoms with Gasteiger partial charge in [-0.05, 0) is 35.7 Å².